The van der Waals surface area contributed by atoms with Gasteiger partial charge in [0, 0.05) is 6.61 Å². The molecule has 0 spiro atoms. The Balaban J connectivity index is 2.30. The van der Waals surface area contributed by atoms with E-state index in [0.717, 1.165) is 11.8 Å². The van der Waals surface area contributed by atoms with Crippen molar-refractivity contribution in [3.63, 3.8) is 0 Å². The van der Waals surface area contributed by atoms with Crippen molar-refractivity contribution in [2.75, 3.05) is 6.61 Å². The lowest BCUT2D eigenvalue weighted by Gasteiger charge is -2.43. The molecule has 10 heavy (non-hydrogen) atoms. The van der Waals surface area contributed by atoms with Gasteiger partial charge in [0.05, 0.1) is 0 Å². The predicted molar refractivity (Wildman–Crippen MR) is 42.8 cm³/mol. The van der Waals surface area contributed by atoms with E-state index in [1.165, 1.54) is 19.3 Å². The van der Waals surface area contributed by atoms with Crippen LogP contribution < -0.4 is 0 Å². The molecule has 0 bridgehead atoms. The molecule has 0 aromatic heterocycles. The molecule has 0 amide bonds. The minimum Gasteiger partial charge on any atom is -0.396 e. The lowest BCUT2D eigenvalue weighted by Crippen LogP contribution is -2.38. The van der Waals surface area contributed by atoms with Gasteiger partial charge in [-0.1, -0.05) is 26.7 Å². The summed E-state index contributed by atoms with van der Waals surface area (Å²) >= 11 is 0. The van der Waals surface area contributed by atoms with Crippen LogP contribution in [0.3, 0.4) is 0 Å². The molecule has 0 aromatic rings. The van der Waals surface area contributed by atoms with Crippen molar-refractivity contribution < 1.29 is 5.11 Å². The highest BCUT2D eigenvalue weighted by Crippen LogP contribution is 2.43. The van der Waals surface area contributed by atoms with Crippen molar-refractivity contribution in [1.82, 2.24) is 0 Å². The largest absolute Gasteiger partial charge is 0.396 e. The minimum atomic E-state index is 0.414. The average molecular weight is 142 g/mol. The quantitative estimate of drug-likeness (QED) is 0.639. The lowest BCUT2D eigenvalue weighted by atomic mass is 9.63. The van der Waals surface area contributed by atoms with Gasteiger partial charge in [0.2, 0.25) is 0 Å². The van der Waals surface area contributed by atoms with Crippen LogP contribution in [0.5, 0.6) is 0 Å². The Bertz CT molecular complexity index is 90.9. The highest BCUT2D eigenvalue weighted by Gasteiger charge is 2.37. The lowest BCUT2D eigenvalue weighted by molar-refractivity contribution is 0.0140. The summed E-state index contributed by atoms with van der Waals surface area (Å²) in [6.45, 7) is 4.86. The van der Waals surface area contributed by atoms with E-state index in [4.69, 9.17) is 5.11 Å². The molecule has 2 atom stereocenters. The highest BCUT2D eigenvalue weighted by atomic mass is 16.3. The van der Waals surface area contributed by atoms with Crippen LogP contribution in [0.1, 0.15) is 33.1 Å². The van der Waals surface area contributed by atoms with Crippen LogP contribution in [-0.4, -0.2) is 11.7 Å². The molecule has 1 rings (SSSR count). The second-order valence-electron chi connectivity index (χ2n) is 3.42. The van der Waals surface area contributed by atoms with Gasteiger partial charge in [0.1, 0.15) is 0 Å². The van der Waals surface area contributed by atoms with Crippen molar-refractivity contribution in [2.45, 2.75) is 33.1 Å². The first-order chi connectivity index (χ1) is 4.83. The van der Waals surface area contributed by atoms with Crippen molar-refractivity contribution in [3.05, 3.63) is 0 Å². The number of aliphatic hydroxyl groups excluding tert-OH is 1. The summed E-state index contributed by atoms with van der Waals surface area (Å²) in [5.41, 5.74) is 0. The van der Waals surface area contributed by atoms with Crippen molar-refractivity contribution >= 4 is 0 Å². The fourth-order valence-electron chi connectivity index (χ4n) is 2.16. The van der Waals surface area contributed by atoms with Crippen LogP contribution >= 0.6 is 0 Å². The highest BCUT2D eigenvalue weighted by molar-refractivity contribution is 4.86. The fraction of sp³-hybridized carbons (Fsp3) is 1.00. The zero-order chi connectivity index (χ0) is 7.56. The molecule has 0 radical (unpaired) electrons. The SMILES string of the molecule is CCC1CC(CC)C1CO. The molecule has 0 saturated heterocycles. The number of hydrogen-bond donors (Lipinski definition) is 1. The Morgan fingerprint density at radius 1 is 1.20 bits per heavy atom. The van der Waals surface area contributed by atoms with Crippen LogP contribution in [0.4, 0.5) is 0 Å². The topological polar surface area (TPSA) is 20.2 Å². The van der Waals surface area contributed by atoms with E-state index in [-0.39, 0.29) is 0 Å². The van der Waals surface area contributed by atoms with Gasteiger partial charge in [0.25, 0.3) is 0 Å². The monoisotopic (exact) mass is 142 g/mol. The third-order valence-corrected chi connectivity index (χ3v) is 3.08. The first-order valence-corrected chi connectivity index (χ1v) is 4.44. The third kappa shape index (κ3) is 1.20. The molecule has 0 heterocycles. The van der Waals surface area contributed by atoms with E-state index in [9.17, 15) is 0 Å². The Hall–Kier alpha value is -0.0400. The summed E-state index contributed by atoms with van der Waals surface area (Å²) in [5, 5.41) is 8.99. The molecule has 2 unspecified atom stereocenters. The number of hydrogen-bond acceptors (Lipinski definition) is 1. The molecule has 0 aliphatic heterocycles. The van der Waals surface area contributed by atoms with E-state index in [1.807, 2.05) is 0 Å². The maximum atomic E-state index is 8.99. The first-order valence-electron chi connectivity index (χ1n) is 4.44. The zero-order valence-corrected chi connectivity index (χ0v) is 7.01. The summed E-state index contributed by atoms with van der Waals surface area (Å²) in [5.74, 6) is 2.29. The Morgan fingerprint density at radius 2 is 1.70 bits per heavy atom. The molecule has 1 nitrogen and oxygen atoms in total. The Kier molecular flexibility index (Phi) is 2.72. The average Bonchev–Trinajstić information content (AvgIpc) is 1.89. The molecular formula is C9H18O. The fourth-order valence-corrected chi connectivity index (χ4v) is 2.16. The first kappa shape index (κ1) is 8.06. The summed E-state index contributed by atoms with van der Waals surface area (Å²) in [4.78, 5) is 0. The van der Waals surface area contributed by atoms with Gasteiger partial charge in [0.15, 0.2) is 0 Å². The molecule has 1 aliphatic rings. The summed E-state index contributed by atoms with van der Waals surface area (Å²) in [6, 6.07) is 0. The summed E-state index contributed by atoms with van der Waals surface area (Å²) in [7, 11) is 0. The van der Waals surface area contributed by atoms with Crippen LogP contribution in [-0.2, 0) is 0 Å². The van der Waals surface area contributed by atoms with E-state index in [1.54, 1.807) is 0 Å². The smallest absolute Gasteiger partial charge is 0.0464 e. The van der Waals surface area contributed by atoms with Crippen molar-refractivity contribution in [1.29, 1.82) is 0 Å². The van der Waals surface area contributed by atoms with Crippen LogP contribution in [0.25, 0.3) is 0 Å². The van der Waals surface area contributed by atoms with Gasteiger partial charge >= 0.3 is 0 Å². The Labute approximate surface area is 63.4 Å². The second kappa shape index (κ2) is 3.38. The van der Waals surface area contributed by atoms with Gasteiger partial charge < -0.3 is 5.11 Å². The van der Waals surface area contributed by atoms with Gasteiger partial charge in [-0.25, -0.2) is 0 Å². The molecule has 1 saturated carbocycles. The normalized spacial score (nSPS) is 39.3. The van der Waals surface area contributed by atoms with E-state index in [2.05, 4.69) is 13.8 Å². The van der Waals surface area contributed by atoms with Gasteiger partial charge in [-0.05, 0) is 24.2 Å². The van der Waals surface area contributed by atoms with Crippen molar-refractivity contribution in [2.24, 2.45) is 17.8 Å². The standard InChI is InChI=1S/C9H18O/c1-3-7-5-8(4-2)9(7)6-10/h7-10H,3-6H2,1-2H3. The van der Waals surface area contributed by atoms with Gasteiger partial charge in [-0.2, -0.15) is 0 Å². The molecule has 1 N–H and O–H groups in total. The number of rotatable bonds is 3. The van der Waals surface area contributed by atoms with E-state index >= 15 is 0 Å². The predicted octanol–water partition coefficient (Wildman–Crippen LogP) is 2.05. The molecule has 0 aromatic carbocycles. The molecule has 60 valence electrons. The molecular weight excluding hydrogens is 124 g/mol. The number of aliphatic hydroxyl groups is 1. The zero-order valence-electron chi connectivity index (χ0n) is 7.01. The molecule has 1 heteroatoms. The van der Waals surface area contributed by atoms with E-state index < -0.39 is 0 Å². The van der Waals surface area contributed by atoms with Crippen LogP contribution in [0.2, 0.25) is 0 Å². The maximum Gasteiger partial charge on any atom is 0.0464 e. The molecule has 1 aliphatic carbocycles. The van der Waals surface area contributed by atoms with Crippen LogP contribution in [0, 0.1) is 17.8 Å². The van der Waals surface area contributed by atoms with Crippen LogP contribution in [0.15, 0.2) is 0 Å². The van der Waals surface area contributed by atoms with Gasteiger partial charge in [-0.3, -0.25) is 0 Å². The summed E-state index contributed by atoms with van der Waals surface area (Å²) < 4.78 is 0. The maximum absolute atomic E-state index is 8.99. The summed E-state index contributed by atoms with van der Waals surface area (Å²) in [6.07, 6.45) is 3.86. The molecule has 1 fully saturated rings. The van der Waals surface area contributed by atoms with Crippen molar-refractivity contribution in [3.8, 4) is 0 Å². The van der Waals surface area contributed by atoms with Gasteiger partial charge in [-0.15, -0.1) is 0 Å². The minimum absolute atomic E-state index is 0.414. The second-order valence-corrected chi connectivity index (χ2v) is 3.42. The third-order valence-electron chi connectivity index (χ3n) is 3.08. The Morgan fingerprint density at radius 3 is 2.00 bits per heavy atom. The van der Waals surface area contributed by atoms with E-state index in [0.29, 0.717) is 12.5 Å².